The Kier molecular flexibility index (Phi) is 4.49. The Bertz CT molecular complexity index is 340. The third kappa shape index (κ3) is 3.40. The van der Waals surface area contributed by atoms with Gasteiger partial charge in [-0.25, -0.2) is 0 Å². The second kappa shape index (κ2) is 5.23. The van der Waals surface area contributed by atoms with E-state index in [4.69, 9.17) is 0 Å². The van der Waals surface area contributed by atoms with Gasteiger partial charge in [0.05, 0.1) is 31.4 Å². The third-order valence-electron chi connectivity index (χ3n) is 2.26. The number of rotatable bonds is 4. The van der Waals surface area contributed by atoms with Crippen molar-refractivity contribution in [2.75, 3.05) is 20.6 Å². The number of quaternary nitrogens is 1. The van der Waals surface area contributed by atoms with Crippen molar-refractivity contribution in [3.05, 3.63) is 20.3 Å². The lowest BCUT2D eigenvalue weighted by Crippen LogP contribution is -3.06. The minimum Gasteiger partial charge on any atom is -0.339 e. The number of hydrogen-bond acceptors (Lipinski definition) is 2. The number of carbonyl (C=O) groups is 1. The second-order valence-corrected chi connectivity index (χ2v) is 6.30. The molecule has 1 aromatic heterocycles. The highest BCUT2D eigenvalue weighted by atomic mass is 79.9. The maximum Gasteiger partial charge on any atom is 0.181 e. The highest BCUT2D eigenvalue weighted by molar-refractivity contribution is 9.10. The summed E-state index contributed by atoms with van der Waals surface area (Å²) in [7, 11) is 4.14. The Hall–Kier alpha value is -0.190. The van der Waals surface area contributed by atoms with Crippen LogP contribution in [0.25, 0.3) is 0 Å². The van der Waals surface area contributed by atoms with Gasteiger partial charge in [0.25, 0.3) is 0 Å². The summed E-state index contributed by atoms with van der Waals surface area (Å²) in [6.45, 7) is 4.90. The molecule has 0 aromatic carbocycles. The molecule has 1 heterocycles. The summed E-state index contributed by atoms with van der Waals surface area (Å²) in [5.41, 5.74) is 0. The Morgan fingerprint density at radius 3 is 2.60 bits per heavy atom. The summed E-state index contributed by atoms with van der Waals surface area (Å²) in [6, 6.07) is 1.93. The molecule has 0 aliphatic carbocycles. The average molecular weight is 291 g/mol. The van der Waals surface area contributed by atoms with E-state index in [1.807, 2.05) is 19.9 Å². The first kappa shape index (κ1) is 12.9. The fourth-order valence-corrected chi connectivity index (χ4v) is 3.12. The summed E-state index contributed by atoms with van der Waals surface area (Å²) in [5.74, 6) is 0.356. The topological polar surface area (TPSA) is 21.5 Å². The van der Waals surface area contributed by atoms with E-state index in [0.29, 0.717) is 0 Å². The van der Waals surface area contributed by atoms with Crippen molar-refractivity contribution in [3.63, 3.8) is 0 Å². The molecule has 0 amide bonds. The van der Waals surface area contributed by atoms with E-state index < -0.39 is 0 Å². The van der Waals surface area contributed by atoms with Crippen LogP contribution in [0.5, 0.6) is 0 Å². The lowest BCUT2D eigenvalue weighted by molar-refractivity contribution is -0.860. The van der Waals surface area contributed by atoms with Crippen molar-refractivity contribution >= 4 is 33.0 Å². The molecule has 84 valence electrons. The van der Waals surface area contributed by atoms with E-state index >= 15 is 0 Å². The van der Waals surface area contributed by atoms with E-state index in [9.17, 15) is 4.79 Å². The number of carbonyl (C=O) groups excluding carboxylic acids is 1. The Labute approximate surface area is 103 Å². The molecule has 0 spiro atoms. The molecule has 1 atom stereocenters. The molecule has 1 rings (SSSR count). The normalized spacial score (nSPS) is 13.2. The van der Waals surface area contributed by atoms with E-state index in [1.54, 1.807) is 11.3 Å². The monoisotopic (exact) mass is 290 g/mol. The fraction of sp³-hybridized carbons (Fsp3) is 0.545. The molecule has 0 bridgehead atoms. The zero-order chi connectivity index (χ0) is 11.6. The first-order chi connectivity index (χ1) is 6.91. The summed E-state index contributed by atoms with van der Waals surface area (Å²) in [6.07, 6.45) is 0. The van der Waals surface area contributed by atoms with Gasteiger partial charge in [-0.3, -0.25) is 4.79 Å². The highest BCUT2D eigenvalue weighted by Gasteiger charge is 2.20. The van der Waals surface area contributed by atoms with Gasteiger partial charge in [0.2, 0.25) is 0 Å². The first-order valence-electron chi connectivity index (χ1n) is 5.01. The number of ketones is 1. The molecular formula is C11H17BrNOS+. The van der Waals surface area contributed by atoms with E-state index in [-0.39, 0.29) is 11.7 Å². The molecule has 0 aliphatic rings. The van der Waals surface area contributed by atoms with Gasteiger partial charge in [0.1, 0.15) is 0 Å². The van der Waals surface area contributed by atoms with Gasteiger partial charge >= 0.3 is 0 Å². The van der Waals surface area contributed by atoms with Crippen molar-refractivity contribution in [2.45, 2.75) is 13.8 Å². The largest absolute Gasteiger partial charge is 0.339 e. The van der Waals surface area contributed by atoms with Gasteiger partial charge < -0.3 is 4.90 Å². The van der Waals surface area contributed by atoms with Crippen molar-refractivity contribution in [1.82, 2.24) is 0 Å². The molecule has 0 fully saturated rings. The Morgan fingerprint density at radius 1 is 1.60 bits per heavy atom. The Balaban J connectivity index is 2.76. The number of nitrogens with one attached hydrogen (secondary N) is 1. The maximum atomic E-state index is 12.0. The van der Waals surface area contributed by atoms with Crippen LogP contribution in [0.1, 0.15) is 21.5 Å². The van der Waals surface area contributed by atoms with Crippen molar-refractivity contribution in [3.8, 4) is 0 Å². The molecular weight excluding hydrogens is 274 g/mol. The van der Waals surface area contributed by atoms with Crippen LogP contribution in [0.2, 0.25) is 0 Å². The molecule has 0 unspecified atom stereocenters. The zero-order valence-corrected chi connectivity index (χ0v) is 12.0. The summed E-state index contributed by atoms with van der Waals surface area (Å²) < 4.78 is 1.04. The third-order valence-corrected chi connectivity index (χ3v) is 4.41. The lowest BCUT2D eigenvalue weighted by atomic mass is 10.1. The predicted molar refractivity (Wildman–Crippen MR) is 67.9 cm³/mol. The van der Waals surface area contributed by atoms with Gasteiger partial charge in [0, 0.05) is 9.35 Å². The van der Waals surface area contributed by atoms with Crippen molar-refractivity contribution in [2.24, 2.45) is 5.92 Å². The zero-order valence-electron chi connectivity index (χ0n) is 9.56. The van der Waals surface area contributed by atoms with Crippen LogP contribution in [-0.4, -0.2) is 26.4 Å². The highest BCUT2D eigenvalue weighted by Crippen LogP contribution is 2.27. The van der Waals surface area contributed by atoms with Gasteiger partial charge in [-0.15, -0.1) is 11.3 Å². The molecule has 1 aromatic rings. The Morgan fingerprint density at radius 2 is 2.20 bits per heavy atom. The molecule has 0 radical (unpaired) electrons. The number of halogens is 1. The van der Waals surface area contributed by atoms with Crippen LogP contribution < -0.4 is 4.90 Å². The minimum absolute atomic E-state index is 0.0972. The number of thiophene rings is 1. The minimum atomic E-state index is 0.0972. The lowest BCUT2D eigenvalue weighted by Gasteiger charge is -2.12. The smallest absolute Gasteiger partial charge is 0.181 e. The molecule has 0 saturated carbocycles. The fourth-order valence-electron chi connectivity index (χ4n) is 1.53. The van der Waals surface area contributed by atoms with Crippen LogP contribution >= 0.6 is 27.3 Å². The van der Waals surface area contributed by atoms with Gasteiger partial charge in [-0.05, 0) is 35.8 Å². The van der Waals surface area contributed by atoms with Crippen LogP contribution in [0.15, 0.2) is 10.5 Å². The number of hydrogen-bond donors (Lipinski definition) is 1. The van der Waals surface area contributed by atoms with Gasteiger partial charge in [0.15, 0.2) is 5.78 Å². The maximum absolute atomic E-state index is 12.0. The van der Waals surface area contributed by atoms with Crippen LogP contribution in [0.4, 0.5) is 0 Å². The molecule has 0 aliphatic heterocycles. The van der Waals surface area contributed by atoms with Crippen LogP contribution in [0, 0.1) is 12.8 Å². The van der Waals surface area contributed by atoms with Crippen LogP contribution in [0.3, 0.4) is 0 Å². The van der Waals surface area contributed by atoms with Crippen molar-refractivity contribution < 1.29 is 9.69 Å². The number of aryl methyl sites for hydroxylation is 1. The van der Waals surface area contributed by atoms with Gasteiger partial charge in [-0.1, -0.05) is 0 Å². The van der Waals surface area contributed by atoms with Crippen molar-refractivity contribution in [1.29, 1.82) is 0 Å². The standard InChI is InChI=1S/C11H16BrNOS/c1-7(6-13(3)4)11(14)10-5-9(12)8(2)15-10/h5,7H,6H2,1-4H3/p+1/t7-/m1/s1. The van der Waals surface area contributed by atoms with E-state index in [0.717, 1.165) is 15.9 Å². The summed E-state index contributed by atoms with van der Waals surface area (Å²) in [4.78, 5) is 15.4. The van der Waals surface area contributed by atoms with E-state index in [1.165, 1.54) is 9.78 Å². The van der Waals surface area contributed by atoms with Gasteiger partial charge in [-0.2, -0.15) is 0 Å². The quantitative estimate of drug-likeness (QED) is 0.839. The van der Waals surface area contributed by atoms with E-state index in [2.05, 4.69) is 30.0 Å². The first-order valence-corrected chi connectivity index (χ1v) is 6.62. The summed E-state index contributed by atoms with van der Waals surface area (Å²) >= 11 is 5.01. The second-order valence-electron chi connectivity index (χ2n) is 4.19. The predicted octanol–water partition coefficient (Wildman–Crippen LogP) is 1.78. The van der Waals surface area contributed by atoms with Crippen LogP contribution in [-0.2, 0) is 0 Å². The number of Topliss-reactive ketones (excluding diaryl/α,β-unsaturated/α-hetero) is 1. The molecule has 0 saturated heterocycles. The SMILES string of the molecule is Cc1sc(C(=O)[C@H](C)C[NH+](C)C)cc1Br. The molecule has 4 heteroatoms. The molecule has 15 heavy (non-hydrogen) atoms. The average Bonchev–Trinajstić information content (AvgIpc) is 2.44. The summed E-state index contributed by atoms with van der Waals surface area (Å²) in [5, 5.41) is 0. The molecule has 1 N–H and O–H groups in total. The molecule has 2 nitrogen and oxygen atoms in total.